The molecule has 13 nitrogen and oxygen atoms in total. The summed E-state index contributed by atoms with van der Waals surface area (Å²) in [6.45, 7) is -2.29. The van der Waals surface area contributed by atoms with Crippen molar-refractivity contribution in [3.05, 3.63) is 139 Å². The molecule has 0 saturated carbocycles. The van der Waals surface area contributed by atoms with E-state index in [1.807, 2.05) is 0 Å². The van der Waals surface area contributed by atoms with E-state index >= 15 is 0 Å². The molecular formula is C31H29N3O10. The third-order valence-corrected chi connectivity index (χ3v) is 6.39. The Labute approximate surface area is 250 Å². The molecule has 2 atom stereocenters. The van der Waals surface area contributed by atoms with Gasteiger partial charge in [0.05, 0.1) is 29.8 Å². The van der Waals surface area contributed by atoms with Crippen LogP contribution in [0.3, 0.4) is 0 Å². The van der Waals surface area contributed by atoms with Crippen LogP contribution in [-0.4, -0.2) is 62.1 Å². The standard InChI is InChI=1S/C31H29N3O10/c1-32-29(39)33(17-24(35)19-42-26(36)21-11-5-2-6-12-21)31(41)34(30(32)40)18-25(44-28(38)23-15-9-4-10-16-23)20-43-27(37)22-13-7-3-8-14-22/h2-16,24-25,35H,17-20H2,1H3. The van der Waals surface area contributed by atoms with Crippen molar-refractivity contribution in [2.45, 2.75) is 25.3 Å². The molecule has 1 N–H and O–H groups in total. The van der Waals surface area contributed by atoms with Crippen LogP contribution in [0.4, 0.5) is 0 Å². The van der Waals surface area contributed by atoms with Gasteiger partial charge in [-0.2, -0.15) is 0 Å². The summed E-state index contributed by atoms with van der Waals surface area (Å²) in [6, 6.07) is 23.9. The molecule has 1 heterocycles. The largest absolute Gasteiger partial charge is 0.459 e. The first-order chi connectivity index (χ1) is 21.2. The van der Waals surface area contributed by atoms with Gasteiger partial charge in [-0.05, 0) is 36.4 Å². The van der Waals surface area contributed by atoms with Crippen molar-refractivity contribution in [3.8, 4) is 0 Å². The zero-order valence-electron chi connectivity index (χ0n) is 23.6. The molecule has 0 bridgehead atoms. The number of aliphatic hydroxyl groups is 1. The highest BCUT2D eigenvalue weighted by molar-refractivity contribution is 5.90. The summed E-state index contributed by atoms with van der Waals surface area (Å²) in [6.07, 6.45) is -2.82. The second-order valence-corrected chi connectivity index (χ2v) is 9.60. The van der Waals surface area contributed by atoms with Crippen LogP contribution in [0.25, 0.3) is 0 Å². The normalized spacial score (nSPS) is 12.1. The number of carbonyl (C=O) groups excluding carboxylic acids is 3. The molecule has 0 aliphatic rings. The van der Waals surface area contributed by atoms with Crippen LogP contribution >= 0.6 is 0 Å². The first-order valence-electron chi connectivity index (χ1n) is 13.4. The molecule has 0 aliphatic heterocycles. The second-order valence-electron chi connectivity index (χ2n) is 9.60. The van der Waals surface area contributed by atoms with Gasteiger partial charge in [0.1, 0.15) is 19.3 Å². The Morgan fingerprint density at radius 2 is 1.02 bits per heavy atom. The van der Waals surface area contributed by atoms with Crippen LogP contribution in [-0.2, 0) is 34.3 Å². The van der Waals surface area contributed by atoms with Crippen molar-refractivity contribution in [3.63, 3.8) is 0 Å². The van der Waals surface area contributed by atoms with E-state index in [1.165, 1.54) is 36.4 Å². The van der Waals surface area contributed by atoms with Gasteiger partial charge in [0.15, 0.2) is 6.10 Å². The number of esters is 3. The molecule has 0 aliphatic carbocycles. The Kier molecular flexibility index (Phi) is 10.4. The fourth-order valence-electron chi connectivity index (χ4n) is 4.11. The zero-order chi connectivity index (χ0) is 31.6. The van der Waals surface area contributed by atoms with Crippen LogP contribution in [0.1, 0.15) is 31.1 Å². The summed E-state index contributed by atoms with van der Waals surface area (Å²) in [5, 5.41) is 10.5. The van der Waals surface area contributed by atoms with Crippen LogP contribution in [0.15, 0.2) is 105 Å². The van der Waals surface area contributed by atoms with Gasteiger partial charge in [-0.3, -0.25) is 0 Å². The lowest BCUT2D eigenvalue weighted by Crippen LogP contribution is -2.56. The first kappa shape index (κ1) is 31.4. The number of hydrogen-bond donors (Lipinski definition) is 1. The van der Waals surface area contributed by atoms with Crippen molar-refractivity contribution < 1.29 is 33.7 Å². The molecule has 0 saturated heterocycles. The molecule has 13 heteroatoms. The predicted octanol–water partition coefficient (Wildman–Crippen LogP) is 1.01. The Morgan fingerprint density at radius 1 is 0.614 bits per heavy atom. The maximum atomic E-state index is 13.4. The van der Waals surface area contributed by atoms with Gasteiger partial charge < -0.3 is 19.3 Å². The lowest BCUT2D eigenvalue weighted by atomic mass is 10.2. The van der Waals surface area contributed by atoms with Gasteiger partial charge in [-0.25, -0.2) is 42.5 Å². The van der Waals surface area contributed by atoms with Gasteiger partial charge in [0, 0.05) is 7.05 Å². The molecule has 4 aromatic rings. The highest BCUT2D eigenvalue weighted by atomic mass is 16.6. The Morgan fingerprint density at radius 3 is 1.50 bits per heavy atom. The molecule has 3 aromatic carbocycles. The molecule has 228 valence electrons. The maximum Gasteiger partial charge on any atom is 0.338 e. The number of ether oxygens (including phenoxy) is 3. The van der Waals surface area contributed by atoms with E-state index < -0.39 is 73.5 Å². The van der Waals surface area contributed by atoms with Crippen LogP contribution < -0.4 is 17.1 Å². The number of rotatable bonds is 12. The van der Waals surface area contributed by atoms with Crippen molar-refractivity contribution in [2.75, 3.05) is 13.2 Å². The molecule has 0 spiro atoms. The summed E-state index contributed by atoms with van der Waals surface area (Å²) < 4.78 is 17.8. The average Bonchev–Trinajstić information content (AvgIpc) is 3.06. The van der Waals surface area contributed by atoms with Gasteiger partial charge >= 0.3 is 35.0 Å². The average molecular weight is 604 g/mol. The Hall–Kier alpha value is -5.56. The van der Waals surface area contributed by atoms with E-state index in [2.05, 4.69) is 0 Å². The number of benzene rings is 3. The fraction of sp³-hybridized carbons (Fsp3) is 0.226. The van der Waals surface area contributed by atoms with Crippen molar-refractivity contribution >= 4 is 17.9 Å². The first-order valence-corrected chi connectivity index (χ1v) is 13.4. The predicted molar refractivity (Wildman–Crippen MR) is 155 cm³/mol. The SMILES string of the molecule is Cn1c(=O)n(CC(O)COC(=O)c2ccccc2)c(=O)n(CC(COC(=O)c2ccccc2)OC(=O)c2ccccc2)c1=O. The number of aliphatic hydroxyl groups excluding tert-OH is 1. The fourth-order valence-corrected chi connectivity index (χ4v) is 4.11. The Balaban J connectivity index is 1.56. The molecule has 0 radical (unpaired) electrons. The van der Waals surface area contributed by atoms with Crippen LogP contribution in [0, 0.1) is 0 Å². The summed E-state index contributed by atoms with van der Waals surface area (Å²) in [5.41, 5.74) is -2.55. The number of nitrogens with zero attached hydrogens (tertiary/aromatic N) is 3. The summed E-state index contributed by atoms with van der Waals surface area (Å²) in [5.74, 6) is -2.26. The minimum atomic E-state index is -1.49. The molecule has 44 heavy (non-hydrogen) atoms. The second kappa shape index (κ2) is 14.6. The van der Waals surface area contributed by atoms with E-state index in [0.717, 1.165) is 7.05 Å². The topological polar surface area (TPSA) is 165 Å². The molecule has 2 unspecified atom stereocenters. The molecule has 4 rings (SSSR count). The van der Waals surface area contributed by atoms with E-state index in [0.29, 0.717) is 13.7 Å². The van der Waals surface area contributed by atoms with Gasteiger partial charge in [0.2, 0.25) is 0 Å². The van der Waals surface area contributed by atoms with E-state index in [1.54, 1.807) is 54.6 Å². The van der Waals surface area contributed by atoms with Crippen LogP contribution in [0.2, 0.25) is 0 Å². The van der Waals surface area contributed by atoms with Gasteiger partial charge in [0.25, 0.3) is 0 Å². The minimum absolute atomic E-state index is 0.172. The van der Waals surface area contributed by atoms with Gasteiger partial charge in [-0.1, -0.05) is 54.6 Å². The van der Waals surface area contributed by atoms with Crippen LogP contribution in [0.5, 0.6) is 0 Å². The third-order valence-electron chi connectivity index (χ3n) is 6.39. The van der Waals surface area contributed by atoms with E-state index in [9.17, 15) is 33.9 Å². The number of hydrogen-bond acceptors (Lipinski definition) is 10. The zero-order valence-corrected chi connectivity index (χ0v) is 23.6. The molecule has 1 aromatic heterocycles. The van der Waals surface area contributed by atoms with Crippen molar-refractivity contribution in [1.82, 2.24) is 13.7 Å². The summed E-state index contributed by atoms with van der Waals surface area (Å²) in [4.78, 5) is 76.8. The lowest BCUT2D eigenvalue weighted by Gasteiger charge is -2.20. The highest BCUT2D eigenvalue weighted by Crippen LogP contribution is 2.08. The third kappa shape index (κ3) is 7.83. The smallest absolute Gasteiger partial charge is 0.338 e. The van der Waals surface area contributed by atoms with E-state index in [4.69, 9.17) is 14.2 Å². The van der Waals surface area contributed by atoms with Crippen molar-refractivity contribution in [2.24, 2.45) is 7.05 Å². The molecule has 0 amide bonds. The number of aromatic nitrogens is 3. The lowest BCUT2D eigenvalue weighted by molar-refractivity contribution is -0.00632. The minimum Gasteiger partial charge on any atom is -0.459 e. The van der Waals surface area contributed by atoms with Gasteiger partial charge in [-0.15, -0.1) is 0 Å². The molecular weight excluding hydrogens is 574 g/mol. The quantitative estimate of drug-likeness (QED) is 0.182. The molecule has 0 fully saturated rings. The van der Waals surface area contributed by atoms with E-state index in [-0.39, 0.29) is 16.7 Å². The highest BCUT2D eigenvalue weighted by Gasteiger charge is 2.24. The number of carbonyl (C=O) groups is 3. The Bertz CT molecular complexity index is 1780. The maximum absolute atomic E-state index is 13.4. The van der Waals surface area contributed by atoms with Crippen molar-refractivity contribution in [1.29, 1.82) is 0 Å². The summed E-state index contributed by atoms with van der Waals surface area (Å²) >= 11 is 0. The summed E-state index contributed by atoms with van der Waals surface area (Å²) in [7, 11) is 1.12. The monoisotopic (exact) mass is 603 g/mol.